The number of aromatic nitrogens is 2. The van der Waals surface area contributed by atoms with Crippen LogP contribution in [0.15, 0.2) is 0 Å². The number of nitriles is 1. The van der Waals surface area contributed by atoms with E-state index >= 15 is 0 Å². The highest BCUT2D eigenvalue weighted by atomic mass is 19.1. The third-order valence-corrected chi connectivity index (χ3v) is 1.29. The lowest BCUT2D eigenvalue weighted by atomic mass is 10.3. The zero-order valence-electron chi connectivity index (χ0n) is 6.30. The van der Waals surface area contributed by atoms with Gasteiger partial charge in [-0.15, -0.1) is 0 Å². The molecular weight excluding hydrogens is 145 g/mol. The molecule has 0 atom stereocenters. The van der Waals surface area contributed by atoms with Crippen LogP contribution in [0.1, 0.15) is 25.6 Å². The van der Waals surface area contributed by atoms with E-state index in [0.29, 0.717) is 0 Å². The van der Waals surface area contributed by atoms with E-state index in [1.54, 1.807) is 6.07 Å². The molecule has 0 amide bonds. The van der Waals surface area contributed by atoms with Crippen LogP contribution in [0.2, 0.25) is 0 Å². The fourth-order valence-corrected chi connectivity index (χ4v) is 0.775. The summed E-state index contributed by atoms with van der Waals surface area (Å²) in [6.45, 7) is 3.64. The molecule has 1 heterocycles. The van der Waals surface area contributed by atoms with Crippen LogP contribution in [0.25, 0.3) is 0 Å². The number of halogens is 1. The molecule has 1 radical (unpaired) electrons. The Hall–Kier alpha value is -1.37. The van der Waals surface area contributed by atoms with Crippen molar-refractivity contribution in [2.24, 2.45) is 0 Å². The molecule has 1 rings (SSSR count). The SMILES string of the molecule is CC(C)n1n[c]c(F)c1C#N. The summed E-state index contributed by atoms with van der Waals surface area (Å²) in [7, 11) is 0. The molecule has 0 fully saturated rings. The predicted octanol–water partition coefficient (Wildman–Crippen LogP) is 1.27. The van der Waals surface area contributed by atoms with Crippen LogP contribution in [0.5, 0.6) is 0 Å². The van der Waals surface area contributed by atoms with E-state index in [4.69, 9.17) is 5.26 Å². The summed E-state index contributed by atoms with van der Waals surface area (Å²) in [5, 5.41) is 12.0. The van der Waals surface area contributed by atoms with Crippen LogP contribution in [-0.4, -0.2) is 9.78 Å². The van der Waals surface area contributed by atoms with Crippen LogP contribution < -0.4 is 0 Å². The molecule has 0 aliphatic carbocycles. The Morgan fingerprint density at radius 1 is 1.73 bits per heavy atom. The first-order chi connectivity index (χ1) is 5.16. The molecule has 1 aromatic heterocycles. The van der Waals surface area contributed by atoms with Crippen molar-refractivity contribution in [2.45, 2.75) is 19.9 Å². The zero-order valence-corrected chi connectivity index (χ0v) is 6.30. The highest BCUT2D eigenvalue weighted by Gasteiger charge is 2.11. The summed E-state index contributed by atoms with van der Waals surface area (Å²) in [4.78, 5) is 0. The lowest BCUT2D eigenvalue weighted by Gasteiger charge is -2.04. The number of hydrogen-bond donors (Lipinski definition) is 0. The fraction of sp³-hybridized carbons (Fsp3) is 0.429. The second kappa shape index (κ2) is 2.70. The summed E-state index contributed by atoms with van der Waals surface area (Å²) in [6, 6.07) is 1.71. The highest BCUT2D eigenvalue weighted by Crippen LogP contribution is 2.09. The maximum Gasteiger partial charge on any atom is 0.188 e. The quantitative estimate of drug-likeness (QED) is 0.608. The van der Waals surface area contributed by atoms with Gasteiger partial charge in [0.05, 0.1) is 0 Å². The van der Waals surface area contributed by atoms with Gasteiger partial charge in [0.1, 0.15) is 6.07 Å². The van der Waals surface area contributed by atoms with Gasteiger partial charge in [-0.2, -0.15) is 10.4 Å². The Bertz CT molecular complexity index is 295. The third-order valence-electron chi connectivity index (χ3n) is 1.29. The Labute approximate surface area is 64.1 Å². The monoisotopic (exact) mass is 152 g/mol. The van der Waals surface area contributed by atoms with Crippen LogP contribution in [0.4, 0.5) is 4.39 Å². The first-order valence-electron chi connectivity index (χ1n) is 3.22. The molecule has 0 saturated heterocycles. The largest absolute Gasteiger partial charge is 0.249 e. The van der Waals surface area contributed by atoms with E-state index in [9.17, 15) is 4.39 Å². The molecule has 0 unspecified atom stereocenters. The van der Waals surface area contributed by atoms with Gasteiger partial charge in [0, 0.05) is 6.04 Å². The molecule has 11 heavy (non-hydrogen) atoms. The van der Waals surface area contributed by atoms with Gasteiger partial charge in [-0.1, -0.05) is 0 Å². The number of nitrogens with zero attached hydrogens (tertiary/aromatic N) is 3. The lowest BCUT2D eigenvalue weighted by molar-refractivity contribution is 0.519. The Kier molecular flexibility index (Phi) is 1.90. The molecule has 1 aromatic rings. The standard InChI is InChI=1S/C7H7FN3/c1-5(2)11-7(3-9)6(8)4-10-11/h5H,1-2H3. The van der Waals surface area contributed by atoms with Crippen LogP contribution in [0.3, 0.4) is 0 Å². The highest BCUT2D eigenvalue weighted by molar-refractivity contribution is 5.20. The minimum Gasteiger partial charge on any atom is -0.249 e. The molecule has 4 heteroatoms. The van der Waals surface area contributed by atoms with Crippen molar-refractivity contribution in [2.75, 3.05) is 0 Å². The molecule has 0 aliphatic heterocycles. The van der Waals surface area contributed by atoms with Crippen molar-refractivity contribution in [1.29, 1.82) is 5.26 Å². The van der Waals surface area contributed by atoms with Gasteiger partial charge in [-0.05, 0) is 13.8 Å². The predicted molar refractivity (Wildman–Crippen MR) is 36.1 cm³/mol. The van der Waals surface area contributed by atoms with Crippen LogP contribution >= 0.6 is 0 Å². The van der Waals surface area contributed by atoms with Crippen LogP contribution in [0, 0.1) is 23.3 Å². The lowest BCUT2D eigenvalue weighted by Crippen LogP contribution is -2.05. The molecular formula is C7H7FN3. The minimum absolute atomic E-state index is 0.00889. The van der Waals surface area contributed by atoms with Gasteiger partial charge < -0.3 is 0 Å². The summed E-state index contributed by atoms with van der Waals surface area (Å²) in [5.41, 5.74) is -0.0556. The van der Waals surface area contributed by atoms with E-state index < -0.39 is 5.82 Å². The first kappa shape index (κ1) is 7.73. The van der Waals surface area contributed by atoms with E-state index in [-0.39, 0.29) is 11.7 Å². The van der Waals surface area contributed by atoms with Gasteiger partial charge in [0.15, 0.2) is 17.7 Å². The molecule has 0 saturated carbocycles. The second-order valence-electron chi connectivity index (χ2n) is 2.42. The van der Waals surface area contributed by atoms with Gasteiger partial charge in [0.2, 0.25) is 0 Å². The summed E-state index contributed by atoms with van der Waals surface area (Å²) < 4.78 is 13.9. The molecule has 0 aliphatic rings. The topological polar surface area (TPSA) is 41.6 Å². The van der Waals surface area contributed by atoms with Crippen molar-refractivity contribution >= 4 is 0 Å². The Balaban J connectivity index is 3.19. The van der Waals surface area contributed by atoms with Crippen molar-refractivity contribution < 1.29 is 4.39 Å². The molecule has 0 N–H and O–H groups in total. The minimum atomic E-state index is -0.679. The second-order valence-corrected chi connectivity index (χ2v) is 2.42. The van der Waals surface area contributed by atoms with Crippen LogP contribution in [-0.2, 0) is 0 Å². The average Bonchev–Trinajstić information content (AvgIpc) is 2.30. The number of rotatable bonds is 1. The van der Waals surface area contributed by atoms with E-state index in [0.717, 1.165) is 0 Å². The van der Waals surface area contributed by atoms with E-state index in [1.165, 1.54) is 4.68 Å². The van der Waals surface area contributed by atoms with E-state index in [1.807, 2.05) is 13.8 Å². The Morgan fingerprint density at radius 3 is 2.73 bits per heavy atom. The molecule has 0 bridgehead atoms. The van der Waals surface area contributed by atoms with Crippen molar-refractivity contribution in [3.8, 4) is 6.07 Å². The summed E-state index contributed by atoms with van der Waals surface area (Å²) in [5.74, 6) is -0.679. The molecule has 57 valence electrons. The first-order valence-corrected chi connectivity index (χ1v) is 3.22. The van der Waals surface area contributed by atoms with Gasteiger partial charge >= 0.3 is 0 Å². The van der Waals surface area contributed by atoms with Gasteiger partial charge in [0.25, 0.3) is 0 Å². The van der Waals surface area contributed by atoms with E-state index in [2.05, 4.69) is 11.3 Å². The molecule has 3 nitrogen and oxygen atoms in total. The third kappa shape index (κ3) is 1.22. The number of hydrogen-bond acceptors (Lipinski definition) is 2. The van der Waals surface area contributed by atoms with Crippen molar-refractivity contribution in [3.05, 3.63) is 17.7 Å². The summed E-state index contributed by atoms with van der Waals surface area (Å²) >= 11 is 0. The average molecular weight is 152 g/mol. The molecule has 0 spiro atoms. The fourth-order valence-electron chi connectivity index (χ4n) is 0.775. The maximum atomic E-state index is 12.6. The Morgan fingerprint density at radius 2 is 2.36 bits per heavy atom. The maximum absolute atomic E-state index is 12.6. The van der Waals surface area contributed by atoms with Crippen molar-refractivity contribution in [3.63, 3.8) is 0 Å². The summed E-state index contributed by atoms with van der Waals surface area (Å²) in [6.07, 6.45) is 2.09. The molecule has 0 aromatic carbocycles. The zero-order chi connectivity index (χ0) is 8.43. The normalized spacial score (nSPS) is 10.1. The van der Waals surface area contributed by atoms with Crippen molar-refractivity contribution in [1.82, 2.24) is 9.78 Å². The smallest absolute Gasteiger partial charge is 0.188 e. The van der Waals surface area contributed by atoms with Gasteiger partial charge in [-0.3, -0.25) is 0 Å². The van der Waals surface area contributed by atoms with Gasteiger partial charge in [-0.25, -0.2) is 9.07 Å².